The Bertz CT molecular complexity index is 1320. The second-order valence-electron chi connectivity index (χ2n) is 9.60. The largest absolute Gasteiger partial charge is 0.462 e. The quantitative estimate of drug-likeness (QED) is 0.213. The fourth-order valence-corrected chi connectivity index (χ4v) is 5.59. The van der Waals surface area contributed by atoms with Crippen molar-refractivity contribution < 1.29 is 33.0 Å². The zero-order chi connectivity index (χ0) is 27.7. The number of hydrogen-bond donors (Lipinski definition) is 4. The molecule has 1 saturated heterocycles. The minimum absolute atomic E-state index is 0.247. The van der Waals surface area contributed by atoms with Crippen LogP contribution in [0, 0.1) is 0 Å². The van der Waals surface area contributed by atoms with Gasteiger partial charge in [0.25, 0.3) is 0 Å². The zero-order valence-corrected chi connectivity index (χ0v) is 22.4. The molecule has 206 valence electrons. The molecule has 0 radical (unpaired) electrons. The highest BCUT2D eigenvalue weighted by molar-refractivity contribution is 7.52. The summed E-state index contributed by atoms with van der Waals surface area (Å²) in [7, 11) is -4.17. The van der Waals surface area contributed by atoms with Crippen LogP contribution in [0.25, 0.3) is 5.65 Å². The predicted molar refractivity (Wildman–Crippen MR) is 138 cm³/mol. The van der Waals surface area contributed by atoms with E-state index in [9.17, 15) is 14.5 Å². The van der Waals surface area contributed by atoms with Gasteiger partial charge >= 0.3 is 13.7 Å². The number of esters is 1. The molecule has 1 aromatic carbocycles. The summed E-state index contributed by atoms with van der Waals surface area (Å²) < 4.78 is 37.9. The minimum Gasteiger partial charge on any atom is -0.462 e. The molecule has 14 heteroatoms. The molecule has 38 heavy (non-hydrogen) atoms. The smallest absolute Gasteiger partial charge is 0.459 e. The Morgan fingerprint density at radius 3 is 2.68 bits per heavy atom. The first-order valence-corrected chi connectivity index (χ1v) is 13.6. The lowest BCUT2D eigenvalue weighted by molar-refractivity contribution is -0.149. The molecule has 3 heterocycles. The molecule has 13 nitrogen and oxygen atoms in total. The average Bonchev–Trinajstić information content (AvgIpc) is 3.37. The number of carbonyl (C=O) groups is 1. The van der Waals surface area contributed by atoms with Crippen molar-refractivity contribution in [3.8, 4) is 5.75 Å². The number of anilines is 1. The number of para-hydroxylation sites is 1. The molecule has 6 atom stereocenters. The van der Waals surface area contributed by atoms with E-state index < -0.39 is 43.6 Å². The van der Waals surface area contributed by atoms with Crippen LogP contribution >= 0.6 is 7.75 Å². The molecular weight excluding hydrogens is 515 g/mol. The van der Waals surface area contributed by atoms with Crippen molar-refractivity contribution in [2.75, 3.05) is 12.3 Å². The van der Waals surface area contributed by atoms with Crippen LogP contribution in [0.4, 0.5) is 5.69 Å². The number of nitrogens with one attached hydrogen (secondary N) is 1. The molecule has 0 spiro atoms. The van der Waals surface area contributed by atoms with Crippen molar-refractivity contribution in [1.82, 2.24) is 19.7 Å². The van der Waals surface area contributed by atoms with Crippen molar-refractivity contribution in [2.45, 2.75) is 63.7 Å². The van der Waals surface area contributed by atoms with E-state index in [2.05, 4.69) is 15.2 Å². The number of nitrogens with two attached hydrogens (primary N) is 2. The van der Waals surface area contributed by atoms with E-state index in [1.807, 2.05) is 0 Å². The summed E-state index contributed by atoms with van der Waals surface area (Å²) in [5, 5.41) is 17.9. The monoisotopic (exact) mass is 548 g/mol. The summed E-state index contributed by atoms with van der Waals surface area (Å²) in [6, 6.07) is 8.93. The number of hydrogen-bond acceptors (Lipinski definition) is 11. The Kier molecular flexibility index (Phi) is 8.07. The second kappa shape index (κ2) is 11.0. The van der Waals surface area contributed by atoms with Crippen LogP contribution in [0.5, 0.6) is 5.75 Å². The summed E-state index contributed by atoms with van der Waals surface area (Å²) in [5.41, 5.74) is 12.5. The third kappa shape index (κ3) is 5.83. The van der Waals surface area contributed by atoms with E-state index in [1.165, 1.54) is 23.8 Å². The number of nitrogen functional groups attached to an aromatic ring is 1. The summed E-state index contributed by atoms with van der Waals surface area (Å²) in [6.07, 6.45) is -0.411. The average molecular weight is 549 g/mol. The van der Waals surface area contributed by atoms with E-state index >= 15 is 0 Å². The molecule has 0 unspecified atom stereocenters. The van der Waals surface area contributed by atoms with Gasteiger partial charge in [0.15, 0.2) is 5.65 Å². The molecule has 2 aromatic heterocycles. The van der Waals surface area contributed by atoms with Gasteiger partial charge in [0.05, 0.1) is 42.0 Å². The van der Waals surface area contributed by atoms with E-state index in [4.69, 9.17) is 30.0 Å². The van der Waals surface area contributed by atoms with Crippen molar-refractivity contribution in [3.63, 3.8) is 0 Å². The highest BCUT2D eigenvalue weighted by Gasteiger charge is 2.53. The molecule has 4 rings (SSSR count). The molecule has 0 bridgehead atoms. The molecule has 0 saturated carbocycles. The number of rotatable bonds is 10. The summed E-state index contributed by atoms with van der Waals surface area (Å²) >= 11 is 0. The Labute approximate surface area is 220 Å². The number of nitrogens with zero attached hydrogens (tertiary/aromatic N) is 3. The van der Waals surface area contributed by atoms with Gasteiger partial charge < -0.3 is 30.6 Å². The number of imidazole rings is 1. The SMILES string of the molecule is CC(C)OC(=O)[C@H](C)N[P@@](=O)(OC[C@H]1O[C@@H](c2cnc3c(N)ccnn23)[C@](C)(N)[C@@H]1O)Oc1ccccc1. The highest BCUT2D eigenvalue weighted by Crippen LogP contribution is 2.47. The van der Waals surface area contributed by atoms with Crippen LogP contribution in [0.1, 0.15) is 39.5 Å². The minimum atomic E-state index is -4.17. The van der Waals surface area contributed by atoms with Gasteiger partial charge in [0.2, 0.25) is 0 Å². The third-order valence-electron chi connectivity index (χ3n) is 6.03. The maximum atomic E-state index is 13.8. The zero-order valence-electron chi connectivity index (χ0n) is 21.6. The van der Waals surface area contributed by atoms with Crippen molar-refractivity contribution in [3.05, 3.63) is 54.5 Å². The van der Waals surface area contributed by atoms with Crippen LogP contribution in [-0.4, -0.2) is 62.2 Å². The van der Waals surface area contributed by atoms with E-state index in [-0.39, 0.29) is 18.5 Å². The maximum absolute atomic E-state index is 13.8. The van der Waals surface area contributed by atoms with Crippen molar-refractivity contribution in [1.29, 1.82) is 0 Å². The first-order valence-electron chi connectivity index (χ1n) is 12.1. The van der Waals surface area contributed by atoms with Gasteiger partial charge in [-0.15, -0.1) is 0 Å². The van der Waals surface area contributed by atoms with E-state index in [0.717, 1.165) is 0 Å². The van der Waals surface area contributed by atoms with Gasteiger partial charge in [-0.25, -0.2) is 14.1 Å². The maximum Gasteiger partial charge on any atom is 0.459 e. The molecule has 0 aliphatic carbocycles. The number of aliphatic hydroxyl groups excluding tert-OH is 1. The Morgan fingerprint density at radius 2 is 2.00 bits per heavy atom. The van der Waals surface area contributed by atoms with Crippen molar-refractivity contribution >= 4 is 25.1 Å². The normalized spacial score (nSPS) is 25.8. The topological polar surface area (TPSA) is 186 Å². The third-order valence-corrected chi connectivity index (χ3v) is 7.67. The fourth-order valence-electron chi connectivity index (χ4n) is 4.09. The first kappa shape index (κ1) is 28.0. The lowest BCUT2D eigenvalue weighted by Crippen LogP contribution is -2.51. The van der Waals surface area contributed by atoms with Crippen LogP contribution in [0.2, 0.25) is 0 Å². The number of fused-ring (bicyclic) bond motifs is 1. The second-order valence-corrected chi connectivity index (χ2v) is 11.3. The van der Waals surface area contributed by atoms with Gasteiger partial charge in [0, 0.05) is 0 Å². The predicted octanol–water partition coefficient (Wildman–Crippen LogP) is 1.96. The summed E-state index contributed by atoms with van der Waals surface area (Å²) in [4.78, 5) is 16.7. The molecule has 0 amide bonds. The summed E-state index contributed by atoms with van der Waals surface area (Å²) in [6.45, 7) is 6.13. The Morgan fingerprint density at radius 1 is 1.29 bits per heavy atom. The lowest BCUT2D eigenvalue weighted by atomic mass is 9.88. The van der Waals surface area contributed by atoms with E-state index in [1.54, 1.807) is 57.2 Å². The van der Waals surface area contributed by atoms with Gasteiger partial charge in [-0.2, -0.15) is 10.2 Å². The van der Waals surface area contributed by atoms with Gasteiger partial charge in [0.1, 0.15) is 30.1 Å². The molecule has 1 fully saturated rings. The number of ether oxygens (including phenoxy) is 2. The Balaban J connectivity index is 1.54. The van der Waals surface area contributed by atoms with Gasteiger partial charge in [-0.3, -0.25) is 9.32 Å². The highest BCUT2D eigenvalue weighted by atomic mass is 31.2. The van der Waals surface area contributed by atoms with E-state index in [0.29, 0.717) is 17.0 Å². The summed E-state index contributed by atoms with van der Waals surface area (Å²) in [5.74, 6) is -0.386. The Hall–Kier alpha value is -3.06. The molecule has 1 aliphatic rings. The van der Waals surface area contributed by atoms with Crippen LogP contribution in [0.15, 0.2) is 48.8 Å². The lowest BCUT2D eigenvalue weighted by Gasteiger charge is -2.27. The van der Waals surface area contributed by atoms with Crippen molar-refractivity contribution in [2.24, 2.45) is 5.73 Å². The standard InChI is InChI=1S/C24H33N6O7P/c1-14(2)35-23(32)15(3)29-38(33,37-16-8-6-5-7-9-16)34-13-19-20(31)24(4,26)21(36-19)18-12-27-22-17(25)10-11-28-30(18)22/h5-12,14-15,19-21,31H,13,25-26H2,1-4H3,(H,29,33)/t15-,19+,20+,21-,24+,38+/m0/s1. The molecule has 1 aliphatic heterocycles. The van der Waals surface area contributed by atoms with Crippen LogP contribution in [0.3, 0.4) is 0 Å². The fraction of sp³-hybridized carbons (Fsp3) is 0.458. The number of aromatic nitrogens is 3. The molecular formula is C24H33N6O7P. The molecule has 6 N–H and O–H groups in total. The van der Waals surface area contributed by atoms with Gasteiger partial charge in [-0.05, 0) is 45.9 Å². The number of benzene rings is 1. The first-order chi connectivity index (χ1) is 17.9. The van der Waals surface area contributed by atoms with Gasteiger partial charge in [-0.1, -0.05) is 18.2 Å². The number of carbonyl (C=O) groups excluding carboxylic acids is 1. The van der Waals surface area contributed by atoms with Crippen LogP contribution in [-0.2, 0) is 23.4 Å². The number of aliphatic hydroxyl groups is 1. The molecule has 3 aromatic rings. The van der Waals surface area contributed by atoms with Crippen LogP contribution < -0.4 is 21.1 Å².